The van der Waals surface area contributed by atoms with Crippen molar-refractivity contribution in [2.45, 2.75) is 25.1 Å². The second kappa shape index (κ2) is 8.88. The first kappa shape index (κ1) is 19.9. The molecule has 3 rings (SSSR count). The molecule has 0 saturated carbocycles. The average molecular weight is 391 g/mol. The molecule has 2 aromatic carbocycles. The van der Waals surface area contributed by atoms with Crippen molar-refractivity contribution >= 4 is 17.6 Å². The molecule has 1 atom stereocenters. The minimum atomic E-state index is -4.46. The number of guanidine groups is 1. The Kier molecular flexibility index (Phi) is 6.30. The first-order valence-corrected chi connectivity index (χ1v) is 8.88. The molecular formula is C20H20F3N3O2. The van der Waals surface area contributed by atoms with Crippen molar-refractivity contribution in [2.75, 3.05) is 18.5 Å². The second-order valence-electron chi connectivity index (χ2n) is 6.35. The van der Waals surface area contributed by atoms with E-state index in [-0.39, 0.29) is 17.8 Å². The molecule has 148 valence electrons. The molecule has 0 bridgehead atoms. The molecule has 1 fully saturated rings. The zero-order valence-corrected chi connectivity index (χ0v) is 15.0. The van der Waals surface area contributed by atoms with Crippen molar-refractivity contribution < 1.29 is 22.7 Å². The van der Waals surface area contributed by atoms with Gasteiger partial charge in [-0.05, 0) is 43.2 Å². The summed E-state index contributed by atoms with van der Waals surface area (Å²) in [5.41, 5.74) is -0.196. The fraction of sp³-hybridized carbons (Fsp3) is 0.300. The molecule has 0 radical (unpaired) electrons. The molecule has 0 aromatic heterocycles. The van der Waals surface area contributed by atoms with Crippen molar-refractivity contribution in [3.63, 3.8) is 0 Å². The largest absolute Gasteiger partial charge is 0.416 e. The van der Waals surface area contributed by atoms with Crippen LogP contribution in [0.25, 0.3) is 0 Å². The van der Waals surface area contributed by atoms with E-state index in [1.165, 1.54) is 12.1 Å². The molecule has 1 aliphatic heterocycles. The monoisotopic (exact) mass is 391 g/mol. The fourth-order valence-corrected chi connectivity index (χ4v) is 2.77. The Bertz CT molecular complexity index is 832. The SMILES string of the molecule is O=C(NC(=NCC1CCCO1)Nc1cccc(C(F)(F)F)c1)c1ccccc1. The number of rotatable bonds is 4. The maximum atomic E-state index is 12.9. The minimum absolute atomic E-state index is 0.0630. The molecule has 28 heavy (non-hydrogen) atoms. The number of anilines is 1. The van der Waals surface area contributed by atoms with E-state index in [9.17, 15) is 18.0 Å². The van der Waals surface area contributed by atoms with Crippen LogP contribution in [0.4, 0.5) is 18.9 Å². The van der Waals surface area contributed by atoms with Crippen LogP contribution in [0.15, 0.2) is 59.6 Å². The van der Waals surface area contributed by atoms with Gasteiger partial charge >= 0.3 is 6.18 Å². The number of hydrogen-bond donors (Lipinski definition) is 2. The Hall–Kier alpha value is -2.87. The molecule has 1 heterocycles. The summed E-state index contributed by atoms with van der Waals surface area (Å²) in [6, 6.07) is 13.2. The van der Waals surface area contributed by atoms with Gasteiger partial charge in [0.25, 0.3) is 5.91 Å². The zero-order valence-electron chi connectivity index (χ0n) is 15.0. The summed E-state index contributed by atoms with van der Waals surface area (Å²) >= 11 is 0. The Morgan fingerprint density at radius 3 is 2.61 bits per heavy atom. The van der Waals surface area contributed by atoms with Gasteiger partial charge in [-0.25, -0.2) is 4.99 Å². The molecule has 2 aromatic rings. The molecule has 1 amide bonds. The van der Waals surface area contributed by atoms with Crippen molar-refractivity contribution in [3.05, 3.63) is 65.7 Å². The average Bonchev–Trinajstić information content (AvgIpc) is 3.20. The molecule has 1 aliphatic rings. The second-order valence-corrected chi connectivity index (χ2v) is 6.35. The van der Waals surface area contributed by atoms with Gasteiger partial charge in [-0.15, -0.1) is 0 Å². The van der Waals surface area contributed by atoms with Crippen molar-refractivity contribution in [1.82, 2.24) is 5.32 Å². The van der Waals surface area contributed by atoms with E-state index in [1.54, 1.807) is 30.3 Å². The van der Waals surface area contributed by atoms with Crippen molar-refractivity contribution in [2.24, 2.45) is 4.99 Å². The summed E-state index contributed by atoms with van der Waals surface area (Å²) in [6.45, 7) is 0.962. The lowest BCUT2D eigenvalue weighted by Crippen LogP contribution is -2.36. The molecule has 2 N–H and O–H groups in total. The van der Waals surface area contributed by atoms with Crippen LogP contribution >= 0.6 is 0 Å². The summed E-state index contributed by atoms with van der Waals surface area (Å²) in [6.07, 6.45) is -2.73. The Morgan fingerprint density at radius 1 is 1.14 bits per heavy atom. The fourth-order valence-electron chi connectivity index (χ4n) is 2.77. The van der Waals surface area contributed by atoms with Gasteiger partial charge < -0.3 is 10.1 Å². The number of halogens is 3. The highest BCUT2D eigenvalue weighted by molar-refractivity contribution is 6.09. The summed E-state index contributed by atoms with van der Waals surface area (Å²) in [5.74, 6) is -0.338. The first-order valence-electron chi connectivity index (χ1n) is 8.88. The van der Waals surface area contributed by atoms with Gasteiger partial charge in [-0.3, -0.25) is 10.1 Å². The van der Waals surface area contributed by atoms with E-state index in [4.69, 9.17) is 4.74 Å². The van der Waals surface area contributed by atoms with Gasteiger partial charge in [0.15, 0.2) is 0 Å². The Morgan fingerprint density at radius 2 is 1.93 bits per heavy atom. The lowest BCUT2D eigenvalue weighted by Gasteiger charge is -2.14. The molecule has 0 spiro atoms. The van der Waals surface area contributed by atoms with Gasteiger partial charge in [0.1, 0.15) is 0 Å². The number of ether oxygens (including phenoxy) is 1. The number of benzene rings is 2. The molecule has 8 heteroatoms. The molecule has 5 nitrogen and oxygen atoms in total. The van der Waals surface area contributed by atoms with E-state index in [1.807, 2.05) is 0 Å². The van der Waals surface area contributed by atoms with Gasteiger partial charge in [0.2, 0.25) is 5.96 Å². The topological polar surface area (TPSA) is 62.7 Å². The lowest BCUT2D eigenvalue weighted by atomic mass is 10.2. The van der Waals surface area contributed by atoms with Gasteiger partial charge in [0.05, 0.1) is 18.2 Å². The lowest BCUT2D eigenvalue weighted by molar-refractivity contribution is -0.137. The van der Waals surface area contributed by atoms with Crippen LogP contribution in [0.5, 0.6) is 0 Å². The summed E-state index contributed by atoms with van der Waals surface area (Å²) in [7, 11) is 0. The standard InChI is InChI=1S/C20H20F3N3O2/c21-20(22,23)15-8-4-9-16(12-15)25-19(24-13-17-10-5-11-28-17)26-18(27)14-6-2-1-3-7-14/h1-4,6-9,12,17H,5,10-11,13H2,(H2,24,25,26,27). The quantitative estimate of drug-likeness (QED) is 0.610. The van der Waals surface area contributed by atoms with Gasteiger partial charge in [0, 0.05) is 17.9 Å². The van der Waals surface area contributed by atoms with E-state index in [0.29, 0.717) is 18.7 Å². The predicted octanol–water partition coefficient (Wildman–Crippen LogP) is 4.08. The number of hydrogen-bond acceptors (Lipinski definition) is 3. The number of carbonyl (C=O) groups excluding carboxylic acids is 1. The number of aliphatic imine (C=N–C) groups is 1. The predicted molar refractivity (Wildman–Crippen MR) is 100 cm³/mol. The van der Waals surface area contributed by atoms with Gasteiger partial charge in [-0.2, -0.15) is 13.2 Å². The molecule has 1 saturated heterocycles. The normalized spacial score (nSPS) is 17.4. The summed E-state index contributed by atoms with van der Waals surface area (Å²) in [5, 5.41) is 5.41. The number of nitrogens with one attached hydrogen (secondary N) is 2. The third-order valence-corrected chi connectivity index (χ3v) is 4.20. The number of amides is 1. The van der Waals surface area contributed by atoms with Crippen LogP contribution < -0.4 is 10.6 Å². The molecule has 1 unspecified atom stereocenters. The van der Waals surface area contributed by atoms with Crippen LogP contribution in [0, 0.1) is 0 Å². The number of nitrogens with zero attached hydrogens (tertiary/aromatic N) is 1. The summed E-state index contributed by atoms with van der Waals surface area (Å²) < 4.78 is 44.3. The first-order chi connectivity index (χ1) is 13.4. The molecular weight excluding hydrogens is 371 g/mol. The van der Waals surface area contributed by atoms with E-state index in [0.717, 1.165) is 25.0 Å². The van der Waals surface area contributed by atoms with E-state index >= 15 is 0 Å². The third-order valence-electron chi connectivity index (χ3n) is 4.20. The van der Waals surface area contributed by atoms with Crippen LogP contribution in [-0.2, 0) is 10.9 Å². The smallest absolute Gasteiger partial charge is 0.376 e. The Labute approximate surface area is 160 Å². The van der Waals surface area contributed by atoms with Crippen LogP contribution in [-0.4, -0.2) is 31.1 Å². The van der Waals surface area contributed by atoms with E-state index in [2.05, 4.69) is 15.6 Å². The molecule has 0 aliphatic carbocycles. The maximum absolute atomic E-state index is 12.9. The van der Waals surface area contributed by atoms with Crippen molar-refractivity contribution in [3.8, 4) is 0 Å². The highest BCUT2D eigenvalue weighted by atomic mass is 19.4. The van der Waals surface area contributed by atoms with E-state index < -0.39 is 17.6 Å². The summed E-state index contributed by atoms with van der Waals surface area (Å²) in [4.78, 5) is 16.8. The number of alkyl halides is 3. The zero-order chi connectivity index (χ0) is 20.0. The minimum Gasteiger partial charge on any atom is -0.376 e. The maximum Gasteiger partial charge on any atom is 0.416 e. The van der Waals surface area contributed by atoms with Crippen LogP contribution in [0.1, 0.15) is 28.8 Å². The third kappa shape index (κ3) is 5.56. The van der Waals surface area contributed by atoms with Gasteiger partial charge in [-0.1, -0.05) is 24.3 Å². The highest BCUT2D eigenvalue weighted by Crippen LogP contribution is 2.30. The Balaban J connectivity index is 1.77. The van der Waals surface area contributed by atoms with Crippen LogP contribution in [0.2, 0.25) is 0 Å². The van der Waals surface area contributed by atoms with Crippen molar-refractivity contribution in [1.29, 1.82) is 0 Å². The number of carbonyl (C=O) groups is 1. The highest BCUT2D eigenvalue weighted by Gasteiger charge is 2.30. The van der Waals surface area contributed by atoms with Crippen LogP contribution in [0.3, 0.4) is 0 Å².